The van der Waals surface area contributed by atoms with Gasteiger partial charge >= 0.3 is 0 Å². The zero-order valence-corrected chi connectivity index (χ0v) is 10.3. The lowest BCUT2D eigenvalue weighted by Crippen LogP contribution is -1.99. The summed E-state index contributed by atoms with van der Waals surface area (Å²) in [5, 5.41) is 2.07. The second kappa shape index (κ2) is 7.63. The molecule has 1 aromatic heterocycles. The second-order valence-electron chi connectivity index (χ2n) is 3.93. The Morgan fingerprint density at radius 1 is 1.27 bits per heavy atom. The SMILES string of the molecule is CCCCCCC(=O)CCc1cccs1. The molecule has 2 heteroatoms. The highest BCUT2D eigenvalue weighted by atomic mass is 32.1. The molecule has 1 heterocycles. The van der Waals surface area contributed by atoms with Crippen molar-refractivity contribution in [2.24, 2.45) is 0 Å². The Kier molecular flexibility index (Phi) is 6.33. The fourth-order valence-corrected chi connectivity index (χ4v) is 2.30. The summed E-state index contributed by atoms with van der Waals surface area (Å²) < 4.78 is 0. The summed E-state index contributed by atoms with van der Waals surface area (Å²) in [5.41, 5.74) is 0. The number of aryl methyl sites for hydroxylation is 1. The molecule has 0 amide bonds. The maximum absolute atomic E-state index is 11.5. The van der Waals surface area contributed by atoms with Gasteiger partial charge in [0.25, 0.3) is 0 Å². The minimum absolute atomic E-state index is 0.430. The Balaban J connectivity index is 2.04. The van der Waals surface area contributed by atoms with Gasteiger partial charge in [0, 0.05) is 17.7 Å². The van der Waals surface area contributed by atoms with Crippen LogP contribution >= 0.6 is 11.3 Å². The predicted octanol–water partition coefficient (Wildman–Crippen LogP) is 4.22. The van der Waals surface area contributed by atoms with Crippen LogP contribution in [-0.2, 0) is 11.2 Å². The molecule has 0 aliphatic carbocycles. The van der Waals surface area contributed by atoms with Crippen molar-refractivity contribution < 1.29 is 4.79 Å². The van der Waals surface area contributed by atoms with Crippen molar-refractivity contribution in [2.75, 3.05) is 0 Å². The van der Waals surface area contributed by atoms with Crippen LogP contribution in [-0.4, -0.2) is 5.78 Å². The van der Waals surface area contributed by atoms with Gasteiger partial charge in [-0.25, -0.2) is 0 Å². The van der Waals surface area contributed by atoms with E-state index in [0.717, 1.165) is 25.7 Å². The van der Waals surface area contributed by atoms with Gasteiger partial charge in [0.05, 0.1) is 0 Å². The molecule has 1 aromatic rings. The van der Waals surface area contributed by atoms with E-state index in [1.54, 1.807) is 11.3 Å². The zero-order chi connectivity index (χ0) is 10.9. The van der Waals surface area contributed by atoms with Crippen molar-refractivity contribution >= 4 is 17.1 Å². The van der Waals surface area contributed by atoms with Crippen molar-refractivity contribution in [1.82, 2.24) is 0 Å². The number of Topliss-reactive ketones (excluding diaryl/α,β-unsaturated/α-hetero) is 1. The first kappa shape index (κ1) is 12.4. The van der Waals surface area contributed by atoms with Crippen LogP contribution in [0.3, 0.4) is 0 Å². The van der Waals surface area contributed by atoms with Gasteiger partial charge in [-0.3, -0.25) is 4.79 Å². The molecule has 0 saturated heterocycles. The van der Waals surface area contributed by atoms with Crippen molar-refractivity contribution in [3.63, 3.8) is 0 Å². The van der Waals surface area contributed by atoms with E-state index in [2.05, 4.69) is 18.4 Å². The van der Waals surface area contributed by atoms with Crippen LogP contribution in [0.15, 0.2) is 17.5 Å². The third-order valence-electron chi connectivity index (χ3n) is 2.54. The molecular formula is C13H20OS. The Morgan fingerprint density at radius 2 is 2.13 bits per heavy atom. The van der Waals surface area contributed by atoms with Gasteiger partial charge in [0.2, 0.25) is 0 Å². The van der Waals surface area contributed by atoms with Crippen molar-refractivity contribution in [3.8, 4) is 0 Å². The smallest absolute Gasteiger partial charge is 0.133 e. The number of unbranched alkanes of at least 4 members (excludes halogenated alkanes) is 3. The van der Waals surface area contributed by atoms with E-state index in [1.807, 2.05) is 6.07 Å². The van der Waals surface area contributed by atoms with E-state index < -0.39 is 0 Å². The highest BCUT2D eigenvalue weighted by molar-refractivity contribution is 7.09. The molecule has 0 spiro atoms. The molecule has 0 fully saturated rings. The first-order valence-electron chi connectivity index (χ1n) is 5.87. The summed E-state index contributed by atoms with van der Waals surface area (Å²) in [6, 6.07) is 4.15. The van der Waals surface area contributed by atoms with Crippen molar-refractivity contribution in [2.45, 2.75) is 51.9 Å². The van der Waals surface area contributed by atoms with Gasteiger partial charge in [-0.15, -0.1) is 11.3 Å². The molecule has 1 rings (SSSR count). The Labute approximate surface area is 96.5 Å². The first-order valence-corrected chi connectivity index (χ1v) is 6.75. The quantitative estimate of drug-likeness (QED) is 0.604. The zero-order valence-electron chi connectivity index (χ0n) is 9.50. The average molecular weight is 224 g/mol. The maximum atomic E-state index is 11.5. The molecule has 15 heavy (non-hydrogen) atoms. The lowest BCUT2D eigenvalue weighted by Gasteiger charge is -1.99. The van der Waals surface area contributed by atoms with E-state index >= 15 is 0 Å². The summed E-state index contributed by atoms with van der Waals surface area (Å²) in [6.45, 7) is 2.19. The number of ketones is 1. The number of carbonyl (C=O) groups is 1. The molecule has 0 bridgehead atoms. The lowest BCUT2D eigenvalue weighted by molar-refractivity contribution is -0.119. The average Bonchev–Trinajstić information content (AvgIpc) is 2.74. The molecule has 0 aliphatic rings. The van der Waals surface area contributed by atoms with E-state index in [9.17, 15) is 4.79 Å². The Hall–Kier alpha value is -0.630. The molecule has 0 aliphatic heterocycles. The molecular weight excluding hydrogens is 204 g/mol. The molecule has 0 aromatic carbocycles. The van der Waals surface area contributed by atoms with Crippen LogP contribution in [0.2, 0.25) is 0 Å². The second-order valence-corrected chi connectivity index (χ2v) is 4.96. The normalized spacial score (nSPS) is 10.5. The molecule has 0 unspecified atom stereocenters. The number of thiophene rings is 1. The van der Waals surface area contributed by atoms with E-state index in [-0.39, 0.29) is 0 Å². The van der Waals surface area contributed by atoms with Gasteiger partial charge in [0.1, 0.15) is 5.78 Å². The highest BCUT2D eigenvalue weighted by Crippen LogP contribution is 2.12. The van der Waals surface area contributed by atoms with Crippen LogP contribution in [0, 0.1) is 0 Å². The molecule has 0 saturated carbocycles. The number of carbonyl (C=O) groups excluding carboxylic acids is 1. The van der Waals surface area contributed by atoms with Crippen LogP contribution in [0.4, 0.5) is 0 Å². The molecule has 84 valence electrons. The molecule has 0 N–H and O–H groups in total. The minimum Gasteiger partial charge on any atom is -0.300 e. The summed E-state index contributed by atoms with van der Waals surface area (Å²) in [4.78, 5) is 12.8. The van der Waals surface area contributed by atoms with Gasteiger partial charge < -0.3 is 0 Å². The molecule has 1 nitrogen and oxygen atoms in total. The van der Waals surface area contributed by atoms with E-state index in [4.69, 9.17) is 0 Å². The Bertz CT molecular complexity index is 264. The van der Waals surface area contributed by atoms with Crippen LogP contribution < -0.4 is 0 Å². The monoisotopic (exact) mass is 224 g/mol. The predicted molar refractivity (Wildman–Crippen MR) is 66.4 cm³/mol. The summed E-state index contributed by atoms with van der Waals surface area (Å²) in [6.07, 6.45) is 7.24. The van der Waals surface area contributed by atoms with Crippen molar-refractivity contribution in [1.29, 1.82) is 0 Å². The standard InChI is InChI=1S/C13H20OS/c1-2-3-4-5-7-12(14)9-10-13-8-6-11-15-13/h6,8,11H,2-5,7,9-10H2,1H3. The lowest BCUT2D eigenvalue weighted by atomic mass is 10.1. The number of hydrogen-bond acceptors (Lipinski definition) is 2. The minimum atomic E-state index is 0.430. The third-order valence-corrected chi connectivity index (χ3v) is 3.48. The summed E-state index contributed by atoms with van der Waals surface area (Å²) >= 11 is 1.74. The largest absolute Gasteiger partial charge is 0.300 e. The number of rotatable bonds is 8. The van der Waals surface area contributed by atoms with Gasteiger partial charge in [0.15, 0.2) is 0 Å². The van der Waals surface area contributed by atoms with Gasteiger partial charge in [-0.1, -0.05) is 32.3 Å². The summed E-state index contributed by atoms with van der Waals surface area (Å²) in [5.74, 6) is 0.430. The maximum Gasteiger partial charge on any atom is 0.133 e. The van der Waals surface area contributed by atoms with Gasteiger partial charge in [-0.05, 0) is 24.3 Å². The summed E-state index contributed by atoms with van der Waals surface area (Å²) in [7, 11) is 0. The van der Waals surface area contributed by atoms with E-state index in [0.29, 0.717) is 5.78 Å². The highest BCUT2D eigenvalue weighted by Gasteiger charge is 2.02. The fourth-order valence-electron chi connectivity index (χ4n) is 1.59. The fraction of sp³-hybridized carbons (Fsp3) is 0.615. The van der Waals surface area contributed by atoms with Gasteiger partial charge in [-0.2, -0.15) is 0 Å². The Morgan fingerprint density at radius 3 is 2.80 bits per heavy atom. The van der Waals surface area contributed by atoms with Crippen LogP contribution in [0.25, 0.3) is 0 Å². The van der Waals surface area contributed by atoms with Crippen molar-refractivity contribution in [3.05, 3.63) is 22.4 Å². The topological polar surface area (TPSA) is 17.1 Å². The first-order chi connectivity index (χ1) is 7.33. The molecule has 0 radical (unpaired) electrons. The van der Waals surface area contributed by atoms with E-state index in [1.165, 1.54) is 24.1 Å². The molecule has 0 atom stereocenters. The van der Waals surface area contributed by atoms with Crippen LogP contribution in [0.5, 0.6) is 0 Å². The third kappa shape index (κ3) is 5.73. The number of hydrogen-bond donors (Lipinski definition) is 0. The van der Waals surface area contributed by atoms with Crippen LogP contribution in [0.1, 0.15) is 50.3 Å².